The molecule has 0 amide bonds. The van der Waals surface area contributed by atoms with Crippen LogP contribution in [0.4, 0.5) is 5.69 Å². The van der Waals surface area contributed by atoms with Crippen LogP contribution in [0.1, 0.15) is 23.1 Å². The molecule has 0 bridgehead atoms. The Morgan fingerprint density at radius 3 is 2.41 bits per heavy atom. The fourth-order valence-corrected chi connectivity index (χ4v) is 4.42. The van der Waals surface area contributed by atoms with E-state index in [2.05, 4.69) is 53.1 Å². The number of hydrogen-bond acceptors (Lipinski definition) is 6. The van der Waals surface area contributed by atoms with Gasteiger partial charge in [-0.3, -0.25) is 0 Å². The zero-order chi connectivity index (χ0) is 23.8. The molecular weight excluding hydrogens is 426 g/mol. The molecule has 2 aromatic carbocycles. The summed E-state index contributed by atoms with van der Waals surface area (Å²) in [4.78, 5) is 22.0. The lowest BCUT2D eigenvalue weighted by molar-refractivity contribution is 0.0520. The number of hydrogen-bond donors (Lipinski definition) is 0. The van der Waals surface area contributed by atoms with Gasteiger partial charge in [0.2, 0.25) is 0 Å². The van der Waals surface area contributed by atoms with E-state index >= 15 is 0 Å². The van der Waals surface area contributed by atoms with Crippen LogP contribution in [0.2, 0.25) is 0 Å². The first-order valence-corrected chi connectivity index (χ1v) is 11.6. The standard InChI is InChI=1S/C27H29N5O2/c1-5-34-27(33)24-15-23(19-11-13-20(14-12-19)31-16-22(17-31)30(3)4)25-18(2)29-32(26(25)28-24)21-9-7-6-8-10-21/h6-15,22H,5,16-17H2,1-4H3. The molecule has 1 aliphatic rings. The Morgan fingerprint density at radius 2 is 1.76 bits per heavy atom. The van der Waals surface area contributed by atoms with Crippen LogP contribution in [0.3, 0.4) is 0 Å². The summed E-state index contributed by atoms with van der Waals surface area (Å²) in [6.45, 7) is 6.13. The van der Waals surface area contributed by atoms with E-state index in [-0.39, 0.29) is 5.69 Å². The number of carbonyl (C=O) groups excluding carboxylic acids is 1. The fourth-order valence-electron chi connectivity index (χ4n) is 4.42. The number of anilines is 1. The molecule has 0 atom stereocenters. The van der Waals surface area contributed by atoms with Crippen LogP contribution in [0.15, 0.2) is 60.7 Å². The Balaban J connectivity index is 1.60. The SMILES string of the molecule is CCOC(=O)c1cc(-c2ccc(N3CC(N(C)C)C3)cc2)c2c(C)nn(-c3ccccc3)c2n1. The molecule has 1 aliphatic heterocycles. The summed E-state index contributed by atoms with van der Waals surface area (Å²) < 4.78 is 7.08. The monoisotopic (exact) mass is 455 g/mol. The van der Waals surface area contributed by atoms with Gasteiger partial charge in [0.05, 0.1) is 23.4 Å². The maximum atomic E-state index is 12.7. The number of fused-ring (bicyclic) bond motifs is 1. The number of rotatable bonds is 6. The second-order valence-corrected chi connectivity index (χ2v) is 8.88. The Kier molecular flexibility index (Phi) is 5.79. The molecule has 2 aromatic heterocycles. The highest BCUT2D eigenvalue weighted by atomic mass is 16.5. The molecule has 1 saturated heterocycles. The van der Waals surface area contributed by atoms with E-state index in [0.717, 1.165) is 41.0 Å². The van der Waals surface area contributed by atoms with Crippen LogP contribution in [0, 0.1) is 6.92 Å². The van der Waals surface area contributed by atoms with Crippen LogP contribution >= 0.6 is 0 Å². The zero-order valence-electron chi connectivity index (χ0n) is 20.0. The number of para-hydroxylation sites is 1. The van der Waals surface area contributed by atoms with Gasteiger partial charge in [-0.1, -0.05) is 30.3 Å². The highest BCUT2D eigenvalue weighted by Gasteiger charge is 2.28. The number of nitrogens with zero attached hydrogens (tertiary/aromatic N) is 5. The minimum absolute atomic E-state index is 0.280. The molecule has 5 rings (SSSR count). The van der Waals surface area contributed by atoms with Crippen molar-refractivity contribution in [2.24, 2.45) is 0 Å². The predicted molar refractivity (Wildman–Crippen MR) is 135 cm³/mol. The molecule has 7 heteroatoms. The van der Waals surface area contributed by atoms with Gasteiger partial charge in [-0.15, -0.1) is 0 Å². The fraction of sp³-hybridized carbons (Fsp3) is 0.296. The molecule has 34 heavy (non-hydrogen) atoms. The molecule has 0 radical (unpaired) electrons. The van der Waals surface area contributed by atoms with Crippen molar-refractivity contribution in [1.82, 2.24) is 19.7 Å². The topological polar surface area (TPSA) is 63.5 Å². The summed E-state index contributed by atoms with van der Waals surface area (Å²) in [7, 11) is 4.25. The quantitative estimate of drug-likeness (QED) is 0.404. The largest absolute Gasteiger partial charge is 0.461 e. The third-order valence-electron chi connectivity index (χ3n) is 6.43. The van der Waals surface area contributed by atoms with Crippen molar-refractivity contribution in [3.8, 4) is 16.8 Å². The number of benzene rings is 2. The van der Waals surface area contributed by atoms with Crippen molar-refractivity contribution in [2.45, 2.75) is 19.9 Å². The molecule has 0 unspecified atom stereocenters. The molecule has 174 valence electrons. The van der Waals surface area contributed by atoms with Crippen LogP contribution in [0.5, 0.6) is 0 Å². The van der Waals surface area contributed by atoms with E-state index in [1.54, 1.807) is 11.6 Å². The first kappa shape index (κ1) is 22.1. The number of likely N-dealkylation sites (N-methyl/N-ethyl adjacent to an activating group) is 1. The van der Waals surface area contributed by atoms with Crippen molar-refractivity contribution in [1.29, 1.82) is 0 Å². The smallest absolute Gasteiger partial charge is 0.357 e. The van der Waals surface area contributed by atoms with Crippen LogP contribution in [0.25, 0.3) is 27.8 Å². The average molecular weight is 456 g/mol. The molecule has 0 N–H and O–H groups in total. The van der Waals surface area contributed by atoms with E-state index in [1.165, 1.54) is 5.69 Å². The number of aryl methyl sites for hydroxylation is 1. The lowest BCUT2D eigenvalue weighted by atomic mass is 9.99. The molecule has 1 fully saturated rings. The minimum atomic E-state index is -0.434. The lowest BCUT2D eigenvalue weighted by Gasteiger charge is -2.44. The van der Waals surface area contributed by atoms with Crippen molar-refractivity contribution >= 4 is 22.7 Å². The van der Waals surface area contributed by atoms with E-state index in [4.69, 9.17) is 9.84 Å². The molecule has 0 aliphatic carbocycles. The van der Waals surface area contributed by atoms with Gasteiger partial charge in [-0.25, -0.2) is 14.5 Å². The van der Waals surface area contributed by atoms with Crippen molar-refractivity contribution in [2.75, 3.05) is 38.7 Å². The Bertz CT molecular complexity index is 1320. The second kappa shape index (κ2) is 8.91. The van der Waals surface area contributed by atoms with E-state index in [0.29, 0.717) is 18.3 Å². The van der Waals surface area contributed by atoms with E-state index in [9.17, 15) is 4.79 Å². The molecular formula is C27H29N5O2. The molecule has 0 spiro atoms. The van der Waals surface area contributed by atoms with Gasteiger partial charge in [0.25, 0.3) is 0 Å². The Labute approximate surface area is 199 Å². The summed E-state index contributed by atoms with van der Waals surface area (Å²) >= 11 is 0. The van der Waals surface area contributed by atoms with E-state index < -0.39 is 5.97 Å². The first-order valence-electron chi connectivity index (χ1n) is 11.6. The van der Waals surface area contributed by atoms with Gasteiger partial charge < -0.3 is 14.5 Å². The molecule has 3 heterocycles. The summed E-state index contributed by atoms with van der Waals surface area (Å²) in [5.74, 6) is -0.434. The molecule has 7 nitrogen and oxygen atoms in total. The van der Waals surface area contributed by atoms with Crippen molar-refractivity contribution < 1.29 is 9.53 Å². The Hall–Kier alpha value is -3.71. The second-order valence-electron chi connectivity index (χ2n) is 8.88. The molecule has 4 aromatic rings. The van der Waals surface area contributed by atoms with Gasteiger partial charge in [0.1, 0.15) is 0 Å². The van der Waals surface area contributed by atoms with E-state index in [1.807, 2.05) is 43.3 Å². The van der Waals surface area contributed by atoms with Gasteiger partial charge in [-0.2, -0.15) is 5.10 Å². The summed E-state index contributed by atoms with van der Waals surface area (Å²) in [6, 6.07) is 20.8. The van der Waals surface area contributed by atoms with Gasteiger partial charge in [0.15, 0.2) is 11.3 Å². The molecule has 0 saturated carbocycles. The summed E-state index contributed by atoms with van der Waals surface area (Å²) in [5.41, 5.74) is 5.82. The Morgan fingerprint density at radius 1 is 1.06 bits per heavy atom. The van der Waals surface area contributed by atoms with Gasteiger partial charge in [-0.05, 0) is 69.4 Å². The average Bonchev–Trinajstić information content (AvgIpc) is 3.15. The van der Waals surface area contributed by atoms with Crippen molar-refractivity contribution in [3.63, 3.8) is 0 Å². The maximum absolute atomic E-state index is 12.7. The number of ether oxygens (including phenoxy) is 1. The third kappa shape index (κ3) is 3.92. The predicted octanol–water partition coefficient (Wildman–Crippen LogP) is 4.32. The van der Waals surface area contributed by atoms with Crippen LogP contribution in [-0.2, 0) is 4.74 Å². The van der Waals surface area contributed by atoms with Crippen molar-refractivity contribution in [3.05, 3.63) is 72.1 Å². The lowest BCUT2D eigenvalue weighted by Crippen LogP contribution is -2.57. The zero-order valence-corrected chi connectivity index (χ0v) is 20.0. The number of esters is 1. The van der Waals surface area contributed by atoms with Crippen LogP contribution in [-0.4, -0.2) is 65.5 Å². The van der Waals surface area contributed by atoms with Gasteiger partial charge >= 0.3 is 5.97 Å². The minimum Gasteiger partial charge on any atom is -0.461 e. The van der Waals surface area contributed by atoms with Crippen LogP contribution < -0.4 is 4.90 Å². The number of carbonyl (C=O) groups is 1. The highest BCUT2D eigenvalue weighted by molar-refractivity contribution is 6.00. The maximum Gasteiger partial charge on any atom is 0.357 e. The summed E-state index contributed by atoms with van der Waals surface area (Å²) in [6.07, 6.45) is 0. The highest BCUT2D eigenvalue weighted by Crippen LogP contribution is 2.34. The summed E-state index contributed by atoms with van der Waals surface area (Å²) in [5, 5.41) is 5.71. The normalized spacial score (nSPS) is 14.0. The first-order chi connectivity index (χ1) is 16.5. The third-order valence-corrected chi connectivity index (χ3v) is 6.43. The number of pyridine rings is 1. The van der Waals surface area contributed by atoms with Gasteiger partial charge in [0, 0.05) is 24.8 Å². The number of aromatic nitrogens is 3.